The molecule has 2 rings (SSSR count). The van der Waals surface area contributed by atoms with Gasteiger partial charge in [-0.05, 0) is 38.5 Å². The Bertz CT molecular complexity index is 370. The highest BCUT2D eigenvalue weighted by molar-refractivity contribution is 5.48. The normalized spacial score (nSPS) is 21.3. The van der Waals surface area contributed by atoms with Crippen LogP contribution in [-0.2, 0) is 4.74 Å². The molecule has 3 heteroatoms. The molecule has 1 aliphatic heterocycles. The number of nitrogens with zero attached hydrogens (tertiary/aromatic N) is 1. The number of ether oxygens (including phenoxy) is 1. The number of hydrogen-bond acceptors (Lipinski definition) is 3. The lowest BCUT2D eigenvalue weighted by Crippen LogP contribution is -2.48. The van der Waals surface area contributed by atoms with E-state index in [4.69, 9.17) is 4.74 Å². The second-order valence-corrected chi connectivity index (χ2v) is 5.30. The minimum absolute atomic E-state index is 0.0822. The zero-order valence-electron chi connectivity index (χ0n) is 10.8. The molecule has 0 aromatic heterocycles. The molecular weight excluding hydrogens is 214 g/mol. The highest BCUT2D eigenvalue weighted by Gasteiger charge is 2.27. The fourth-order valence-electron chi connectivity index (χ4n) is 2.20. The second-order valence-electron chi connectivity index (χ2n) is 5.30. The topological polar surface area (TPSA) is 32.7 Å². The van der Waals surface area contributed by atoms with Crippen LogP contribution in [0.25, 0.3) is 0 Å². The number of rotatable bonds is 2. The average Bonchev–Trinajstić information content (AvgIpc) is 2.28. The Morgan fingerprint density at radius 3 is 2.47 bits per heavy atom. The van der Waals surface area contributed by atoms with Crippen molar-refractivity contribution in [3.8, 4) is 0 Å². The van der Waals surface area contributed by atoms with E-state index in [0.717, 1.165) is 25.3 Å². The van der Waals surface area contributed by atoms with E-state index in [-0.39, 0.29) is 5.60 Å². The maximum Gasteiger partial charge on any atom is 0.0801 e. The molecule has 1 aromatic rings. The van der Waals surface area contributed by atoms with Gasteiger partial charge in [0, 0.05) is 18.8 Å². The third-order valence-corrected chi connectivity index (χ3v) is 3.17. The minimum atomic E-state index is -0.398. The maximum atomic E-state index is 9.47. The van der Waals surface area contributed by atoms with Gasteiger partial charge in [-0.15, -0.1) is 0 Å². The third-order valence-electron chi connectivity index (χ3n) is 3.17. The van der Waals surface area contributed by atoms with Gasteiger partial charge in [-0.25, -0.2) is 0 Å². The third kappa shape index (κ3) is 2.99. The number of anilines is 1. The predicted molar refractivity (Wildman–Crippen MR) is 69.3 cm³/mol. The molecule has 1 heterocycles. The summed E-state index contributed by atoms with van der Waals surface area (Å²) in [4.78, 5) is 2.33. The van der Waals surface area contributed by atoms with Crippen molar-refractivity contribution in [2.24, 2.45) is 0 Å². The summed E-state index contributed by atoms with van der Waals surface area (Å²) in [6.07, 6.45) is -0.398. The SMILES string of the molecule is C[C@H](O)c1ccc(N2CCOC(C)(C)C2)cc1. The summed E-state index contributed by atoms with van der Waals surface area (Å²) in [5.41, 5.74) is 2.08. The molecule has 3 nitrogen and oxygen atoms in total. The van der Waals surface area contributed by atoms with Crippen molar-refractivity contribution in [1.29, 1.82) is 0 Å². The molecule has 94 valence electrons. The van der Waals surface area contributed by atoms with Crippen molar-refractivity contribution in [3.05, 3.63) is 29.8 Å². The first-order chi connectivity index (χ1) is 7.98. The van der Waals surface area contributed by atoms with Gasteiger partial charge in [0.1, 0.15) is 0 Å². The van der Waals surface area contributed by atoms with Crippen molar-refractivity contribution < 1.29 is 9.84 Å². The molecule has 0 spiro atoms. The number of hydrogen-bond donors (Lipinski definition) is 1. The lowest BCUT2D eigenvalue weighted by Gasteiger charge is -2.39. The van der Waals surface area contributed by atoms with Gasteiger partial charge >= 0.3 is 0 Å². The van der Waals surface area contributed by atoms with Crippen LogP contribution >= 0.6 is 0 Å². The molecule has 1 saturated heterocycles. The second kappa shape index (κ2) is 4.67. The molecule has 1 N–H and O–H groups in total. The number of morpholine rings is 1. The first-order valence-corrected chi connectivity index (χ1v) is 6.15. The highest BCUT2D eigenvalue weighted by Crippen LogP contribution is 2.24. The minimum Gasteiger partial charge on any atom is -0.389 e. The van der Waals surface area contributed by atoms with Crippen LogP contribution in [0.4, 0.5) is 5.69 Å². The highest BCUT2D eigenvalue weighted by atomic mass is 16.5. The van der Waals surface area contributed by atoms with E-state index in [9.17, 15) is 5.11 Å². The lowest BCUT2D eigenvalue weighted by molar-refractivity contribution is -0.0276. The Morgan fingerprint density at radius 2 is 1.94 bits per heavy atom. The fraction of sp³-hybridized carbons (Fsp3) is 0.571. The largest absolute Gasteiger partial charge is 0.389 e. The molecular formula is C14H21NO2. The predicted octanol–water partition coefficient (Wildman–Crippen LogP) is 2.36. The Morgan fingerprint density at radius 1 is 1.29 bits per heavy atom. The molecule has 1 fully saturated rings. The first kappa shape index (κ1) is 12.4. The van der Waals surface area contributed by atoms with Crippen molar-refractivity contribution >= 4 is 5.69 Å². The van der Waals surface area contributed by atoms with Gasteiger partial charge in [0.25, 0.3) is 0 Å². The van der Waals surface area contributed by atoms with E-state index in [0.29, 0.717) is 0 Å². The maximum absolute atomic E-state index is 9.47. The van der Waals surface area contributed by atoms with E-state index in [2.05, 4.69) is 30.9 Å². The van der Waals surface area contributed by atoms with Gasteiger partial charge in [-0.2, -0.15) is 0 Å². The van der Waals surface area contributed by atoms with Crippen LogP contribution in [0.2, 0.25) is 0 Å². The van der Waals surface area contributed by atoms with Gasteiger partial charge in [0.15, 0.2) is 0 Å². The molecule has 1 atom stereocenters. The molecule has 0 aliphatic carbocycles. The molecule has 0 saturated carbocycles. The average molecular weight is 235 g/mol. The Balaban J connectivity index is 2.12. The van der Waals surface area contributed by atoms with Crippen LogP contribution in [-0.4, -0.2) is 30.4 Å². The van der Waals surface area contributed by atoms with Gasteiger partial charge in [-0.1, -0.05) is 12.1 Å². The van der Waals surface area contributed by atoms with Gasteiger partial charge in [-0.3, -0.25) is 0 Å². The molecule has 0 unspecified atom stereocenters. The fourth-order valence-corrected chi connectivity index (χ4v) is 2.20. The Kier molecular flexibility index (Phi) is 3.40. The van der Waals surface area contributed by atoms with Crippen LogP contribution < -0.4 is 4.90 Å². The summed E-state index contributed by atoms with van der Waals surface area (Å²) in [5, 5.41) is 9.47. The Labute approximate surface area is 103 Å². The van der Waals surface area contributed by atoms with Crippen LogP contribution in [0, 0.1) is 0 Å². The molecule has 1 aromatic carbocycles. The smallest absolute Gasteiger partial charge is 0.0801 e. The van der Waals surface area contributed by atoms with E-state index in [1.54, 1.807) is 6.92 Å². The molecule has 0 bridgehead atoms. The molecule has 0 radical (unpaired) electrons. The molecule has 17 heavy (non-hydrogen) atoms. The van der Waals surface area contributed by atoms with Gasteiger partial charge < -0.3 is 14.7 Å². The number of aliphatic hydroxyl groups is 1. The summed E-state index contributed by atoms with van der Waals surface area (Å²) in [7, 11) is 0. The quantitative estimate of drug-likeness (QED) is 0.854. The van der Waals surface area contributed by atoms with E-state index in [1.807, 2.05) is 12.1 Å². The van der Waals surface area contributed by atoms with E-state index >= 15 is 0 Å². The zero-order chi connectivity index (χ0) is 12.5. The van der Waals surface area contributed by atoms with Crippen LogP contribution in [0.3, 0.4) is 0 Å². The summed E-state index contributed by atoms with van der Waals surface area (Å²) in [5.74, 6) is 0. The first-order valence-electron chi connectivity index (χ1n) is 6.15. The van der Waals surface area contributed by atoms with E-state index in [1.165, 1.54) is 5.69 Å². The summed E-state index contributed by atoms with van der Waals surface area (Å²) in [6.45, 7) is 8.61. The van der Waals surface area contributed by atoms with Crippen LogP contribution in [0.5, 0.6) is 0 Å². The van der Waals surface area contributed by atoms with E-state index < -0.39 is 6.10 Å². The van der Waals surface area contributed by atoms with Gasteiger partial charge in [0.05, 0.1) is 18.3 Å². The number of aliphatic hydroxyl groups excluding tert-OH is 1. The standard InChI is InChI=1S/C14H21NO2/c1-11(16)12-4-6-13(7-5-12)15-8-9-17-14(2,3)10-15/h4-7,11,16H,8-10H2,1-3H3/t11-/m0/s1. The monoisotopic (exact) mass is 235 g/mol. The molecule has 1 aliphatic rings. The van der Waals surface area contributed by atoms with Crippen molar-refractivity contribution in [2.45, 2.75) is 32.5 Å². The zero-order valence-corrected chi connectivity index (χ0v) is 10.8. The van der Waals surface area contributed by atoms with Crippen LogP contribution in [0.15, 0.2) is 24.3 Å². The van der Waals surface area contributed by atoms with Crippen molar-refractivity contribution in [2.75, 3.05) is 24.6 Å². The Hall–Kier alpha value is -1.06. The van der Waals surface area contributed by atoms with Crippen molar-refractivity contribution in [3.63, 3.8) is 0 Å². The summed E-state index contributed by atoms with van der Waals surface area (Å²) < 4.78 is 5.70. The number of benzene rings is 1. The van der Waals surface area contributed by atoms with Crippen LogP contribution in [0.1, 0.15) is 32.4 Å². The molecule has 0 amide bonds. The summed E-state index contributed by atoms with van der Waals surface area (Å²) in [6, 6.07) is 8.12. The van der Waals surface area contributed by atoms with Crippen molar-refractivity contribution in [1.82, 2.24) is 0 Å². The van der Waals surface area contributed by atoms with Gasteiger partial charge in [0.2, 0.25) is 0 Å². The summed E-state index contributed by atoms with van der Waals surface area (Å²) >= 11 is 0. The lowest BCUT2D eigenvalue weighted by atomic mass is 10.1.